The van der Waals surface area contributed by atoms with Crippen LogP contribution in [0.2, 0.25) is 0 Å². The quantitative estimate of drug-likeness (QED) is 0.140. The first-order chi connectivity index (χ1) is 12.8. The first kappa shape index (κ1) is 25.7. The second-order valence-corrected chi connectivity index (χ2v) is 8.68. The smallest absolute Gasteiger partial charge is 0.0351 e. The van der Waals surface area contributed by atoms with Crippen LogP contribution in [0.5, 0.6) is 0 Å². The molecule has 0 aromatic heterocycles. The Morgan fingerprint density at radius 3 is 1.31 bits per heavy atom. The van der Waals surface area contributed by atoms with Crippen molar-refractivity contribution in [3.63, 3.8) is 0 Å². The summed E-state index contributed by atoms with van der Waals surface area (Å²) in [6.45, 7) is 7.05. The number of hydrogen-bond donors (Lipinski definition) is 0. The number of allylic oxidation sites excluding steroid dienone is 2. The summed E-state index contributed by atoms with van der Waals surface area (Å²) in [5.41, 5.74) is 0. The lowest BCUT2D eigenvalue weighted by atomic mass is 9.96. The van der Waals surface area contributed by atoms with E-state index < -0.39 is 0 Å². The maximum atomic E-state index is 2.47. The van der Waals surface area contributed by atoms with Gasteiger partial charge in [0, 0.05) is 0 Å². The van der Waals surface area contributed by atoms with Gasteiger partial charge in [-0.2, -0.15) is 0 Å². The van der Waals surface area contributed by atoms with E-state index in [1.165, 1.54) is 128 Å². The Balaban J connectivity index is 3.20. The lowest BCUT2D eigenvalue weighted by molar-refractivity contribution is 0.437. The molecule has 0 N–H and O–H groups in total. The molecule has 0 aliphatic carbocycles. The van der Waals surface area contributed by atoms with Crippen molar-refractivity contribution >= 4 is 0 Å². The highest BCUT2D eigenvalue weighted by Crippen LogP contribution is 2.18. The third-order valence-electron chi connectivity index (χ3n) is 5.76. The Morgan fingerprint density at radius 1 is 0.462 bits per heavy atom. The summed E-state index contributed by atoms with van der Waals surface area (Å²) in [5, 5.41) is 0. The predicted molar refractivity (Wildman–Crippen MR) is 122 cm³/mol. The largest absolute Gasteiger partial charge is 0.0885 e. The van der Waals surface area contributed by atoms with Gasteiger partial charge in [0.25, 0.3) is 0 Å². The van der Waals surface area contributed by atoms with Gasteiger partial charge in [-0.1, -0.05) is 136 Å². The zero-order valence-corrected chi connectivity index (χ0v) is 18.9. The second kappa shape index (κ2) is 22.8. The number of unbranched alkanes of at least 4 members (excludes halogenated alkanes) is 15. The zero-order valence-electron chi connectivity index (χ0n) is 18.9. The molecule has 0 spiro atoms. The molecule has 0 nitrogen and oxygen atoms in total. The molecule has 0 saturated carbocycles. The van der Waals surface area contributed by atoms with Gasteiger partial charge < -0.3 is 0 Å². The molecule has 0 bridgehead atoms. The van der Waals surface area contributed by atoms with Gasteiger partial charge in [0.2, 0.25) is 0 Å². The van der Waals surface area contributed by atoms with E-state index in [1.807, 2.05) is 0 Å². The molecule has 0 saturated heterocycles. The minimum Gasteiger partial charge on any atom is -0.0885 e. The molecule has 0 aliphatic heterocycles. The minimum atomic E-state index is 0.946. The van der Waals surface area contributed by atoms with Crippen molar-refractivity contribution in [1.29, 1.82) is 0 Å². The molecule has 0 aliphatic rings. The molecule has 0 fully saturated rings. The molecule has 0 amide bonds. The predicted octanol–water partition coefficient (Wildman–Crippen LogP) is 10.0. The van der Waals surface area contributed by atoms with Crippen LogP contribution in [-0.2, 0) is 0 Å². The molecule has 26 heavy (non-hydrogen) atoms. The molecular formula is C26H52. The van der Waals surface area contributed by atoms with Gasteiger partial charge >= 0.3 is 0 Å². The maximum Gasteiger partial charge on any atom is -0.0351 e. The van der Waals surface area contributed by atoms with E-state index in [4.69, 9.17) is 0 Å². The van der Waals surface area contributed by atoms with Gasteiger partial charge in [-0.25, -0.2) is 0 Å². The van der Waals surface area contributed by atoms with Crippen molar-refractivity contribution in [3.8, 4) is 0 Å². The molecule has 0 radical (unpaired) electrons. The normalized spacial score (nSPS) is 12.9. The highest BCUT2D eigenvalue weighted by molar-refractivity contribution is 4.81. The summed E-state index contributed by atoms with van der Waals surface area (Å²) in [5.74, 6) is 0.946. The van der Waals surface area contributed by atoms with E-state index in [1.54, 1.807) is 0 Å². The Labute approximate surface area is 167 Å². The van der Waals surface area contributed by atoms with Crippen LogP contribution in [0.4, 0.5) is 0 Å². The van der Waals surface area contributed by atoms with E-state index >= 15 is 0 Å². The van der Waals surface area contributed by atoms with E-state index in [0.29, 0.717) is 0 Å². The highest BCUT2D eigenvalue weighted by Gasteiger charge is 2.01. The Bertz CT molecular complexity index is 265. The van der Waals surface area contributed by atoms with Crippen molar-refractivity contribution in [2.75, 3.05) is 0 Å². The lowest BCUT2D eigenvalue weighted by Gasteiger charge is -2.10. The van der Waals surface area contributed by atoms with Gasteiger partial charge in [0.15, 0.2) is 0 Å². The first-order valence-electron chi connectivity index (χ1n) is 12.5. The summed E-state index contributed by atoms with van der Waals surface area (Å²) in [4.78, 5) is 0. The molecule has 0 aromatic rings. The number of hydrogen-bond acceptors (Lipinski definition) is 0. The SMILES string of the molecule is CCCCCCC=CCCCCC(C)CCCCCCCCCCCC. The molecule has 1 unspecified atom stereocenters. The third-order valence-corrected chi connectivity index (χ3v) is 5.76. The summed E-state index contributed by atoms with van der Waals surface area (Å²) < 4.78 is 0. The van der Waals surface area contributed by atoms with Crippen molar-refractivity contribution in [3.05, 3.63) is 12.2 Å². The monoisotopic (exact) mass is 364 g/mol. The molecule has 0 aromatic carbocycles. The van der Waals surface area contributed by atoms with Crippen molar-refractivity contribution in [1.82, 2.24) is 0 Å². The summed E-state index contributed by atoms with van der Waals surface area (Å²) in [7, 11) is 0. The van der Waals surface area contributed by atoms with Crippen molar-refractivity contribution < 1.29 is 0 Å². The summed E-state index contributed by atoms with van der Waals surface area (Å²) >= 11 is 0. The van der Waals surface area contributed by atoms with E-state index in [0.717, 1.165) is 5.92 Å². The fourth-order valence-corrected chi connectivity index (χ4v) is 3.80. The first-order valence-corrected chi connectivity index (χ1v) is 12.5. The van der Waals surface area contributed by atoms with Gasteiger partial charge in [-0.05, 0) is 31.6 Å². The van der Waals surface area contributed by atoms with Crippen LogP contribution >= 0.6 is 0 Å². The summed E-state index contributed by atoms with van der Waals surface area (Å²) in [6, 6.07) is 0. The van der Waals surface area contributed by atoms with E-state index in [-0.39, 0.29) is 0 Å². The topological polar surface area (TPSA) is 0 Å². The molecule has 0 heteroatoms. The molecule has 1 atom stereocenters. The van der Waals surface area contributed by atoms with Crippen LogP contribution in [0.15, 0.2) is 12.2 Å². The average Bonchev–Trinajstić information content (AvgIpc) is 2.64. The Morgan fingerprint density at radius 2 is 0.808 bits per heavy atom. The van der Waals surface area contributed by atoms with Gasteiger partial charge in [0.05, 0.1) is 0 Å². The zero-order chi connectivity index (χ0) is 19.1. The third kappa shape index (κ3) is 21.8. The van der Waals surface area contributed by atoms with E-state index in [2.05, 4.69) is 32.9 Å². The summed E-state index contributed by atoms with van der Waals surface area (Å²) in [6.07, 6.45) is 33.3. The highest BCUT2D eigenvalue weighted by atomic mass is 14.1. The van der Waals surface area contributed by atoms with Crippen molar-refractivity contribution in [2.45, 2.75) is 149 Å². The van der Waals surface area contributed by atoms with Crippen LogP contribution in [0.3, 0.4) is 0 Å². The average molecular weight is 365 g/mol. The standard InChI is InChI=1S/C26H52/c1-4-6-8-10-12-14-16-18-20-22-24-26(3)25-23-21-19-17-15-13-11-9-7-5-2/h14,16,26H,4-13,15,17-25H2,1-3H3. The van der Waals surface area contributed by atoms with Crippen LogP contribution in [0.1, 0.15) is 149 Å². The molecule has 156 valence electrons. The van der Waals surface area contributed by atoms with E-state index in [9.17, 15) is 0 Å². The van der Waals surface area contributed by atoms with Gasteiger partial charge in [-0.15, -0.1) is 0 Å². The van der Waals surface area contributed by atoms with Crippen LogP contribution < -0.4 is 0 Å². The Kier molecular flexibility index (Phi) is 22.6. The molecular weight excluding hydrogens is 312 g/mol. The maximum absolute atomic E-state index is 2.47. The van der Waals surface area contributed by atoms with Crippen molar-refractivity contribution in [2.24, 2.45) is 5.92 Å². The molecule has 0 rings (SSSR count). The second-order valence-electron chi connectivity index (χ2n) is 8.68. The van der Waals surface area contributed by atoms with Gasteiger partial charge in [-0.3, -0.25) is 0 Å². The van der Waals surface area contributed by atoms with Crippen LogP contribution in [-0.4, -0.2) is 0 Å². The fourth-order valence-electron chi connectivity index (χ4n) is 3.80. The lowest BCUT2D eigenvalue weighted by Crippen LogP contribution is -1.95. The van der Waals surface area contributed by atoms with Crippen LogP contribution in [0, 0.1) is 5.92 Å². The fraction of sp³-hybridized carbons (Fsp3) is 0.923. The minimum absolute atomic E-state index is 0.946. The Hall–Kier alpha value is -0.260. The molecule has 0 heterocycles. The number of rotatable bonds is 21. The van der Waals surface area contributed by atoms with Crippen LogP contribution in [0.25, 0.3) is 0 Å². The van der Waals surface area contributed by atoms with Gasteiger partial charge in [0.1, 0.15) is 0 Å².